The van der Waals surface area contributed by atoms with Crippen molar-refractivity contribution >= 4 is 28.8 Å². The van der Waals surface area contributed by atoms with Gasteiger partial charge in [0, 0.05) is 24.8 Å². The molecule has 1 aromatic heterocycles. The van der Waals surface area contributed by atoms with E-state index >= 15 is 0 Å². The van der Waals surface area contributed by atoms with Gasteiger partial charge in [0.05, 0.1) is 5.56 Å². The van der Waals surface area contributed by atoms with Gasteiger partial charge >= 0.3 is 6.18 Å². The Morgan fingerprint density at radius 1 is 1.12 bits per heavy atom. The molecule has 0 aliphatic carbocycles. The van der Waals surface area contributed by atoms with E-state index in [9.17, 15) is 13.2 Å². The second kappa shape index (κ2) is 7.80. The highest BCUT2D eigenvalue weighted by Gasteiger charge is 2.31. The molecule has 2 aromatic rings. The van der Waals surface area contributed by atoms with Crippen LogP contribution in [-0.2, 0) is 6.18 Å². The van der Waals surface area contributed by atoms with Crippen molar-refractivity contribution in [2.75, 3.05) is 13.1 Å². The molecule has 0 unspecified atom stereocenters. The summed E-state index contributed by atoms with van der Waals surface area (Å²) in [6.07, 6.45) is -0.298. The van der Waals surface area contributed by atoms with Gasteiger partial charge in [-0.05, 0) is 49.6 Å². The summed E-state index contributed by atoms with van der Waals surface area (Å²) in [6.45, 7) is 1.92. The average molecular weight is 401 g/mol. The molecule has 1 aliphatic rings. The quantitative estimate of drug-likeness (QED) is 0.616. The van der Waals surface area contributed by atoms with E-state index in [2.05, 4.69) is 9.88 Å². The summed E-state index contributed by atoms with van der Waals surface area (Å²) in [7, 11) is 0. The summed E-state index contributed by atoms with van der Waals surface area (Å²) in [5, 5.41) is -0.201. The van der Waals surface area contributed by atoms with Crippen LogP contribution >= 0.6 is 23.8 Å². The van der Waals surface area contributed by atoms with E-state index in [1.807, 2.05) is 12.1 Å². The number of hydrogen-bond donors (Lipinski definition) is 0. The van der Waals surface area contributed by atoms with E-state index in [1.165, 1.54) is 6.42 Å². The molecule has 3 rings (SSSR count). The molecule has 0 spiro atoms. The number of alkyl halides is 3. The highest BCUT2D eigenvalue weighted by molar-refractivity contribution is 7.80. The number of pyridine rings is 1. The van der Waals surface area contributed by atoms with Crippen molar-refractivity contribution < 1.29 is 17.9 Å². The van der Waals surface area contributed by atoms with Crippen molar-refractivity contribution in [3.63, 3.8) is 0 Å². The molecule has 3 nitrogen and oxygen atoms in total. The highest BCUT2D eigenvalue weighted by atomic mass is 35.5. The maximum Gasteiger partial charge on any atom is 0.417 e. The first-order valence-corrected chi connectivity index (χ1v) is 8.93. The molecule has 0 amide bonds. The number of thiocarbonyl (C=S) groups is 1. The first-order chi connectivity index (χ1) is 12.3. The van der Waals surface area contributed by atoms with Crippen LogP contribution in [0.25, 0.3) is 0 Å². The number of aromatic nitrogens is 1. The van der Waals surface area contributed by atoms with E-state index in [-0.39, 0.29) is 10.9 Å². The largest absolute Gasteiger partial charge is 0.438 e. The van der Waals surface area contributed by atoms with Crippen molar-refractivity contribution in [1.82, 2.24) is 9.88 Å². The number of hydrogen-bond acceptors (Lipinski definition) is 3. The Balaban J connectivity index is 1.70. The van der Waals surface area contributed by atoms with Gasteiger partial charge in [0.15, 0.2) is 0 Å². The fourth-order valence-electron chi connectivity index (χ4n) is 2.71. The van der Waals surface area contributed by atoms with Gasteiger partial charge in [-0.3, -0.25) is 0 Å². The monoisotopic (exact) mass is 400 g/mol. The van der Waals surface area contributed by atoms with E-state index in [0.717, 1.165) is 42.5 Å². The molecule has 8 heteroatoms. The Hall–Kier alpha value is -1.86. The van der Waals surface area contributed by atoms with Gasteiger partial charge < -0.3 is 9.64 Å². The first kappa shape index (κ1) is 18.9. The Bertz CT molecular complexity index is 790. The van der Waals surface area contributed by atoms with Crippen LogP contribution in [0.3, 0.4) is 0 Å². The predicted octanol–water partition coefficient (Wildman–Crippen LogP) is 5.71. The van der Waals surface area contributed by atoms with Crippen LogP contribution < -0.4 is 4.74 Å². The molecule has 0 N–H and O–H groups in total. The summed E-state index contributed by atoms with van der Waals surface area (Å²) < 4.78 is 43.4. The van der Waals surface area contributed by atoms with Gasteiger partial charge in [0.2, 0.25) is 5.88 Å². The van der Waals surface area contributed by atoms with E-state index in [4.69, 9.17) is 28.6 Å². The molecule has 1 saturated heterocycles. The Morgan fingerprint density at radius 3 is 2.35 bits per heavy atom. The molecule has 0 bridgehead atoms. The third-order valence-electron chi connectivity index (χ3n) is 4.09. The molecule has 26 heavy (non-hydrogen) atoms. The van der Waals surface area contributed by atoms with Gasteiger partial charge in [-0.15, -0.1) is 0 Å². The smallest absolute Gasteiger partial charge is 0.417 e. The van der Waals surface area contributed by atoms with Crippen LogP contribution in [0.4, 0.5) is 13.2 Å². The molecular formula is C18H16ClF3N2OS. The fourth-order valence-corrected chi connectivity index (χ4v) is 3.24. The maximum absolute atomic E-state index is 12.6. The summed E-state index contributed by atoms with van der Waals surface area (Å²) in [6, 6.07) is 7.83. The molecule has 2 heterocycles. The summed E-state index contributed by atoms with van der Waals surface area (Å²) in [5.74, 6) is 0.343. The molecule has 0 radical (unpaired) electrons. The Morgan fingerprint density at radius 2 is 1.77 bits per heavy atom. The van der Waals surface area contributed by atoms with Crippen LogP contribution in [0.1, 0.15) is 30.4 Å². The second-order valence-electron chi connectivity index (χ2n) is 5.99. The topological polar surface area (TPSA) is 25.4 Å². The molecule has 0 atom stereocenters. The van der Waals surface area contributed by atoms with Crippen molar-refractivity contribution in [2.45, 2.75) is 25.4 Å². The van der Waals surface area contributed by atoms with Crippen LogP contribution in [-0.4, -0.2) is 28.0 Å². The van der Waals surface area contributed by atoms with E-state index < -0.39 is 11.7 Å². The summed E-state index contributed by atoms with van der Waals surface area (Å²) >= 11 is 11.4. The zero-order chi connectivity index (χ0) is 18.7. The zero-order valence-electron chi connectivity index (χ0n) is 13.7. The molecular weight excluding hydrogens is 385 g/mol. The third-order valence-corrected chi connectivity index (χ3v) is 4.86. The SMILES string of the molecule is FC(F)(F)c1cnc(Oc2ccc(C(=S)N3CCCCC3)cc2)c(Cl)c1. The van der Waals surface area contributed by atoms with Gasteiger partial charge in [0.25, 0.3) is 0 Å². The fraction of sp³-hybridized carbons (Fsp3) is 0.333. The Labute approximate surface area is 159 Å². The lowest BCUT2D eigenvalue weighted by molar-refractivity contribution is -0.137. The van der Waals surface area contributed by atoms with Crippen molar-refractivity contribution in [3.05, 3.63) is 52.7 Å². The number of likely N-dealkylation sites (tertiary alicyclic amines) is 1. The molecule has 138 valence electrons. The number of halogens is 4. The minimum Gasteiger partial charge on any atom is -0.438 e. The van der Waals surface area contributed by atoms with Crippen LogP contribution in [0.5, 0.6) is 11.6 Å². The number of piperidine rings is 1. The lowest BCUT2D eigenvalue weighted by Crippen LogP contribution is -2.34. The molecule has 1 fully saturated rings. The lowest BCUT2D eigenvalue weighted by atomic mass is 10.1. The molecule has 1 aromatic carbocycles. The van der Waals surface area contributed by atoms with Crippen molar-refractivity contribution in [1.29, 1.82) is 0 Å². The molecule has 0 saturated carbocycles. The van der Waals surface area contributed by atoms with Gasteiger partial charge in [0.1, 0.15) is 15.8 Å². The van der Waals surface area contributed by atoms with Crippen molar-refractivity contribution in [2.24, 2.45) is 0 Å². The summed E-state index contributed by atoms with van der Waals surface area (Å²) in [4.78, 5) is 6.64. The Kier molecular flexibility index (Phi) is 5.67. The second-order valence-corrected chi connectivity index (χ2v) is 6.78. The van der Waals surface area contributed by atoms with Crippen LogP contribution in [0.15, 0.2) is 36.5 Å². The number of nitrogens with zero attached hydrogens (tertiary/aromatic N) is 2. The number of ether oxygens (including phenoxy) is 1. The third kappa shape index (κ3) is 4.45. The first-order valence-electron chi connectivity index (χ1n) is 8.14. The average Bonchev–Trinajstić information content (AvgIpc) is 2.63. The number of rotatable bonds is 3. The van der Waals surface area contributed by atoms with Gasteiger partial charge in [-0.2, -0.15) is 13.2 Å². The van der Waals surface area contributed by atoms with Crippen LogP contribution in [0, 0.1) is 0 Å². The summed E-state index contributed by atoms with van der Waals surface area (Å²) in [5.41, 5.74) is -0.0159. The van der Waals surface area contributed by atoms with Crippen LogP contribution in [0.2, 0.25) is 5.02 Å². The standard InChI is InChI=1S/C18H16ClF3N2OS/c19-15-10-13(18(20,21)22)11-23-16(15)25-14-6-4-12(5-7-14)17(26)24-8-2-1-3-9-24/h4-7,10-11H,1-3,8-9H2. The van der Waals surface area contributed by atoms with Gasteiger partial charge in [-0.1, -0.05) is 23.8 Å². The van der Waals surface area contributed by atoms with E-state index in [0.29, 0.717) is 11.9 Å². The minimum atomic E-state index is -4.50. The number of benzene rings is 1. The molecule has 1 aliphatic heterocycles. The van der Waals surface area contributed by atoms with Gasteiger partial charge in [-0.25, -0.2) is 4.98 Å². The maximum atomic E-state index is 12.6. The van der Waals surface area contributed by atoms with E-state index in [1.54, 1.807) is 12.1 Å². The normalized spacial score (nSPS) is 15.0. The highest BCUT2D eigenvalue weighted by Crippen LogP contribution is 2.34. The minimum absolute atomic E-state index is 0.0778. The van der Waals surface area contributed by atoms with Crippen molar-refractivity contribution in [3.8, 4) is 11.6 Å². The lowest BCUT2D eigenvalue weighted by Gasteiger charge is -2.29. The predicted molar refractivity (Wildman–Crippen MR) is 97.9 cm³/mol. The zero-order valence-corrected chi connectivity index (χ0v) is 15.3.